The third kappa shape index (κ3) is 3.07. The van der Waals surface area contributed by atoms with Crippen molar-refractivity contribution in [1.29, 1.82) is 0 Å². The SMILES string of the molecule is CCOC(C1=NCCCN1)c1ccc(C)cc1. The van der Waals surface area contributed by atoms with Gasteiger partial charge in [0.1, 0.15) is 11.9 Å². The highest BCUT2D eigenvalue weighted by Crippen LogP contribution is 2.20. The molecule has 0 spiro atoms. The highest BCUT2D eigenvalue weighted by molar-refractivity contribution is 5.88. The van der Waals surface area contributed by atoms with E-state index in [1.165, 1.54) is 11.1 Å². The Balaban J connectivity index is 2.21. The third-order valence-corrected chi connectivity index (χ3v) is 2.88. The van der Waals surface area contributed by atoms with Gasteiger partial charge < -0.3 is 10.1 Å². The van der Waals surface area contributed by atoms with Gasteiger partial charge in [0.25, 0.3) is 0 Å². The third-order valence-electron chi connectivity index (χ3n) is 2.88. The van der Waals surface area contributed by atoms with Gasteiger partial charge in [-0.2, -0.15) is 0 Å². The smallest absolute Gasteiger partial charge is 0.139 e. The van der Waals surface area contributed by atoms with Crippen molar-refractivity contribution in [2.45, 2.75) is 26.4 Å². The van der Waals surface area contributed by atoms with E-state index in [-0.39, 0.29) is 6.10 Å². The van der Waals surface area contributed by atoms with Crippen LogP contribution in [0.5, 0.6) is 0 Å². The zero-order valence-corrected chi connectivity index (χ0v) is 10.6. The molecule has 1 aromatic rings. The van der Waals surface area contributed by atoms with E-state index < -0.39 is 0 Å². The zero-order valence-electron chi connectivity index (χ0n) is 10.6. The van der Waals surface area contributed by atoms with E-state index in [1.807, 2.05) is 6.92 Å². The number of nitrogens with one attached hydrogen (secondary N) is 1. The molecule has 3 heteroatoms. The van der Waals surface area contributed by atoms with Crippen molar-refractivity contribution in [3.63, 3.8) is 0 Å². The summed E-state index contributed by atoms with van der Waals surface area (Å²) in [7, 11) is 0. The molecule has 1 unspecified atom stereocenters. The van der Waals surface area contributed by atoms with Crippen LogP contribution in [0.2, 0.25) is 0 Å². The standard InChI is InChI=1S/C14H20N2O/c1-3-17-13(14-15-9-4-10-16-14)12-7-5-11(2)6-8-12/h5-8,13H,3-4,9-10H2,1-2H3,(H,15,16). The second-order valence-corrected chi connectivity index (χ2v) is 4.29. The Bertz CT molecular complexity index is 384. The van der Waals surface area contributed by atoms with Crippen LogP contribution in [0, 0.1) is 6.92 Å². The minimum absolute atomic E-state index is 0.0408. The number of hydrogen-bond donors (Lipinski definition) is 1. The van der Waals surface area contributed by atoms with Crippen molar-refractivity contribution in [2.75, 3.05) is 19.7 Å². The monoisotopic (exact) mass is 232 g/mol. The van der Waals surface area contributed by atoms with Crippen molar-refractivity contribution in [2.24, 2.45) is 4.99 Å². The van der Waals surface area contributed by atoms with Crippen LogP contribution in [0.25, 0.3) is 0 Å². The molecule has 0 fully saturated rings. The van der Waals surface area contributed by atoms with Crippen LogP contribution in [0.4, 0.5) is 0 Å². The van der Waals surface area contributed by atoms with Gasteiger partial charge in [0.15, 0.2) is 0 Å². The van der Waals surface area contributed by atoms with E-state index in [0.29, 0.717) is 6.61 Å². The van der Waals surface area contributed by atoms with Gasteiger partial charge in [-0.05, 0) is 25.8 Å². The number of benzene rings is 1. The molecule has 0 bridgehead atoms. The minimum atomic E-state index is -0.0408. The topological polar surface area (TPSA) is 33.6 Å². The molecular weight excluding hydrogens is 212 g/mol. The van der Waals surface area contributed by atoms with E-state index in [1.54, 1.807) is 0 Å². The van der Waals surface area contributed by atoms with Gasteiger partial charge in [-0.3, -0.25) is 4.99 Å². The van der Waals surface area contributed by atoms with E-state index in [2.05, 4.69) is 41.5 Å². The highest BCUT2D eigenvalue weighted by atomic mass is 16.5. The van der Waals surface area contributed by atoms with E-state index in [9.17, 15) is 0 Å². The summed E-state index contributed by atoms with van der Waals surface area (Å²) in [5.74, 6) is 0.974. The van der Waals surface area contributed by atoms with Crippen LogP contribution < -0.4 is 5.32 Å². The summed E-state index contributed by atoms with van der Waals surface area (Å²) in [5.41, 5.74) is 2.44. The Morgan fingerprint density at radius 3 is 2.71 bits per heavy atom. The fraction of sp³-hybridized carbons (Fsp3) is 0.500. The van der Waals surface area contributed by atoms with E-state index >= 15 is 0 Å². The predicted octanol–water partition coefficient (Wildman–Crippen LogP) is 2.46. The largest absolute Gasteiger partial charge is 0.371 e. The van der Waals surface area contributed by atoms with Crippen molar-refractivity contribution in [3.8, 4) is 0 Å². The Kier molecular flexibility index (Phi) is 4.15. The highest BCUT2D eigenvalue weighted by Gasteiger charge is 2.19. The van der Waals surface area contributed by atoms with Gasteiger partial charge in [-0.15, -0.1) is 0 Å². The average molecular weight is 232 g/mol. The molecule has 0 aliphatic carbocycles. The number of ether oxygens (including phenoxy) is 1. The van der Waals surface area contributed by atoms with Gasteiger partial charge >= 0.3 is 0 Å². The van der Waals surface area contributed by atoms with Gasteiger partial charge in [0.2, 0.25) is 0 Å². The summed E-state index contributed by atoms with van der Waals surface area (Å²) < 4.78 is 5.81. The number of aryl methyl sites for hydroxylation is 1. The van der Waals surface area contributed by atoms with Gasteiger partial charge in [-0.25, -0.2) is 0 Å². The van der Waals surface area contributed by atoms with Crippen molar-refractivity contribution >= 4 is 5.84 Å². The van der Waals surface area contributed by atoms with E-state index in [4.69, 9.17) is 4.74 Å². The maximum atomic E-state index is 5.81. The lowest BCUT2D eigenvalue weighted by atomic mass is 10.1. The van der Waals surface area contributed by atoms with Crippen LogP contribution in [-0.2, 0) is 4.74 Å². The Morgan fingerprint density at radius 1 is 1.35 bits per heavy atom. The molecule has 0 radical (unpaired) electrons. The van der Waals surface area contributed by atoms with Crippen LogP contribution in [-0.4, -0.2) is 25.5 Å². The van der Waals surface area contributed by atoms with Crippen LogP contribution >= 0.6 is 0 Å². The molecular formula is C14H20N2O. The van der Waals surface area contributed by atoms with Crippen LogP contribution in [0.1, 0.15) is 30.6 Å². The summed E-state index contributed by atoms with van der Waals surface area (Å²) in [6.07, 6.45) is 1.07. The molecule has 17 heavy (non-hydrogen) atoms. The minimum Gasteiger partial charge on any atom is -0.371 e. The number of nitrogens with zero attached hydrogens (tertiary/aromatic N) is 1. The fourth-order valence-corrected chi connectivity index (χ4v) is 1.97. The molecule has 1 aliphatic heterocycles. The summed E-state index contributed by atoms with van der Waals surface area (Å²) in [6, 6.07) is 8.47. The lowest BCUT2D eigenvalue weighted by Crippen LogP contribution is -2.35. The Labute approximate surface area is 103 Å². The summed E-state index contributed by atoms with van der Waals surface area (Å²) in [6.45, 7) is 6.70. The quantitative estimate of drug-likeness (QED) is 0.865. The first-order chi connectivity index (χ1) is 8.31. The Hall–Kier alpha value is -1.35. The molecule has 0 amide bonds. The maximum Gasteiger partial charge on any atom is 0.139 e. The number of amidine groups is 1. The lowest BCUT2D eigenvalue weighted by molar-refractivity contribution is 0.107. The normalized spacial score (nSPS) is 17.2. The summed E-state index contributed by atoms with van der Waals surface area (Å²) in [4.78, 5) is 4.53. The van der Waals surface area contributed by atoms with Gasteiger partial charge in [0, 0.05) is 19.7 Å². The molecule has 1 atom stereocenters. The predicted molar refractivity (Wildman–Crippen MR) is 70.5 cm³/mol. The van der Waals surface area contributed by atoms with Crippen molar-refractivity contribution < 1.29 is 4.74 Å². The molecule has 3 nitrogen and oxygen atoms in total. The molecule has 1 aliphatic rings. The summed E-state index contributed by atoms with van der Waals surface area (Å²) in [5, 5.41) is 3.34. The van der Waals surface area contributed by atoms with Crippen molar-refractivity contribution in [3.05, 3.63) is 35.4 Å². The molecule has 2 rings (SSSR count). The molecule has 0 saturated heterocycles. The first-order valence-electron chi connectivity index (χ1n) is 6.27. The number of rotatable bonds is 4. The zero-order chi connectivity index (χ0) is 12.1. The molecule has 92 valence electrons. The molecule has 1 heterocycles. The number of aliphatic imine (C=N–C) groups is 1. The maximum absolute atomic E-state index is 5.81. The summed E-state index contributed by atoms with van der Waals surface area (Å²) >= 11 is 0. The Morgan fingerprint density at radius 2 is 2.12 bits per heavy atom. The lowest BCUT2D eigenvalue weighted by Gasteiger charge is -2.23. The molecule has 1 N–H and O–H groups in total. The molecule has 0 aromatic heterocycles. The van der Waals surface area contributed by atoms with Crippen LogP contribution in [0.3, 0.4) is 0 Å². The second-order valence-electron chi connectivity index (χ2n) is 4.29. The van der Waals surface area contributed by atoms with Gasteiger partial charge in [0.05, 0.1) is 0 Å². The first kappa shape index (κ1) is 12.1. The molecule has 1 aromatic carbocycles. The fourth-order valence-electron chi connectivity index (χ4n) is 1.97. The van der Waals surface area contributed by atoms with Gasteiger partial charge in [-0.1, -0.05) is 29.8 Å². The average Bonchev–Trinajstić information content (AvgIpc) is 2.38. The number of hydrogen-bond acceptors (Lipinski definition) is 3. The molecule has 0 saturated carbocycles. The van der Waals surface area contributed by atoms with E-state index in [0.717, 1.165) is 25.3 Å². The van der Waals surface area contributed by atoms with Crippen LogP contribution in [0.15, 0.2) is 29.3 Å². The van der Waals surface area contributed by atoms with Crippen molar-refractivity contribution in [1.82, 2.24) is 5.32 Å². The first-order valence-corrected chi connectivity index (χ1v) is 6.27. The second kappa shape index (κ2) is 5.82.